The number of carboxylic acids is 1. The summed E-state index contributed by atoms with van der Waals surface area (Å²) >= 11 is 1.59. The molecule has 1 aromatic rings. The largest absolute Gasteiger partial charge is 0.478 e. The van der Waals surface area contributed by atoms with Gasteiger partial charge in [0.25, 0.3) is 0 Å². The highest BCUT2D eigenvalue weighted by Gasteiger charge is 2.11. The highest BCUT2D eigenvalue weighted by atomic mass is 32.2. The Morgan fingerprint density at radius 1 is 1.44 bits per heavy atom. The minimum absolute atomic E-state index is 0.296. The zero-order valence-corrected chi connectivity index (χ0v) is 12.0. The molecule has 0 spiro atoms. The van der Waals surface area contributed by atoms with E-state index >= 15 is 0 Å². The van der Waals surface area contributed by atoms with E-state index < -0.39 is 5.97 Å². The van der Waals surface area contributed by atoms with Crippen LogP contribution in [0.15, 0.2) is 17.2 Å². The summed E-state index contributed by atoms with van der Waals surface area (Å²) in [7, 11) is 0. The van der Waals surface area contributed by atoms with Crippen LogP contribution in [0.1, 0.15) is 29.9 Å². The van der Waals surface area contributed by atoms with Crippen molar-refractivity contribution in [2.45, 2.75) is 25.7 Å². The second-order valence-corrected chi connectivity index (χ2v) is 5.14. The first-order valence-corrected chi connectivity index (χ1v) is 7.12. The van der Waals surface area contributed by atoms with Crippen LogP contribution in [-0.2, 0) is 0 Å². The monoisotopic (exact) mass is 268 g/mol. The van der Waals surface area contributed by atoms with Crippen LogP contribution < -0.4 is 0 Å². The van der Waals surface area contributed by atoms with Crippen molar-refractivity contribution >= 4 is 17.7 Å². The van der Waals surface area contributed by atoms with E-state index in [1.54, 1.807) is 11.8 Å². The fourth-order valence-electron chi connectivity index (χ4n) is 1.64. The molecule has 18 heavy (non-hydrogen) atoms. The molecule has 0 unspecified atom stereocenters. The Balaban J connectivity index is 2.66. The fraction of sp³-hybridized carbons (Fsp3) is 0.538. The number of carbonyl (C=O) groups is 1. The molecule has 1 N–H and O–H groups in total. The lowest BCUT2D eigenvalue weighted by atomic mass is 10.2. The third-order valence-corrected chi connectivity index (χ3v) is 3.83. The van der Waals surface area contributed by atoms with Crippen LogP contribution in [0, 0.1) is 6.92 Å². The van der Waals surface area contributed by atoms with Gasteiger partial charge in [0.05, 0.1) is 5.56 Å². The molecule has 0 amide bonds. The van der Waals surface area contributed by atoms with Gasteiger partial charge in [-0.2, -0.15) is 0 Å². The maximum absolute atomic E-state index is 11.1. The Hall–Kier alpha value is -1.07. The first-order chi connectivity index (χ1) is 8.58. The van der Waals surface area contributed by atoms with Gasteiger partial charge in [-0.05, 0) is 26.1 Å². The van der Waals surface area contributed by atoms with Gasteiger partial charge in [-0.25, -0.2) is 4.79 Å². The van der Waals surface area contributed by atoms with E-state index in [0.29, 0.717) is 5.56 Å². The van der Waals surface area contributed by atoms with Crippen molar-refractivity contribution in [1.82, 2.24) is 9.88 Å². The van der Waals surface area contributed by atoms with Crippen molar-refractivity contribution in [3.8, 4) is 0 Å². The summed E-state index contributed by atoms with van der Waals surface area (Å²) in [6, 6.07) is 1.84. The molecule has 1 rings (SSSR count). The van der Waals surface area contributed by atoms with Crippen molar-refractivity contribution in [1.29, 1.82) is 0 Å². The first kappa shape index (κ1) is 15.0. The lowest BCUT2D eigenvalue weighted by Crippen LogP contribution is -2.25. The van der Waals surface area contributed by atoms with Crippen LogP contribution >= 0.6 is 11.8 Å². The van der Waals surface area contributed by atoms with E-state index in [0.717, 1.165) is 36.0 Å². The molecule has 1 heterocycles. The SMILES string of the molecule is CCN(CC)CCSc1cc(C)ncc1C(=O)O. The lowest BCUT2D eigenvalue weighted by Gasteiger charge is -2.17. The van der Waals surface area contributed by atoms with Crippen molar-refractivity contribution in [2.24, 2.45) is 0 Å². The van der Waals surface area contributed by atoms with Crippen LogP contribution in [0.25, 0.3) is 0 Å². The van der Waals surface area contributed by atoms with Gasteiger partial charge >= 0.3 is 5.97 Å². The number of thioether (sulfide) groups is 1. The van der Waals surface area contributed by atoms with Gasteiger partial charge in [0.2, 0.25) is 0 Å². The Morgan fingerprint density at radius 2 is 2.11 bits per heavy atom. The number of aromatic carboxylic acids is 1. The highest BCUT2D eigenvalue weighted by molar-refractivity contribution is 7.99. The number of nitrogens with zero attached hydrogens (tertiary/aromatic N) is 2. The summed E-state index contributed by atoms with van der Waals surface area (Å²) in [6.07, 6.45) is 1.44. The van der Waals surface area contributed by atoms with Gasteiger partial charge in [0.1, 0.15) is 0 Å². The third kappa shape index (κ3) is 4.31. The summed E-state index contributed by atoms with van der Waals surface area (Å²) in [5.41, 5.74) is 1.15. The zero-order chi connectivity index (χ0) is 13.5. The second kappa shape index (κ2) is 7.38. The van der Waals surface area contributed by atoms with Crippen LogP contribution in [0.3, 0.4) is 0 Å². The summed E-state index contributed by atoms with van der Waals surface area (Å²) in [5, 5.41) is 9.09. The molecule has 0 aliphatic carbocycles. The van der Waals surface area contributed by atoms with E-state index in [9.17, 15) is 4.79 Å². The van der Waals surface area contributed by atoms with Gasteiger partial charge in [-0.1, -0.05) is 13.8 Å². The van der Waals surface area contributed by atoms with E-state index in [2.05, 4.69) is 23.7 Å². The molecule has 4 nitrogen and oxygen atoms in total. The highest BCUT2D eigenvalue weighted by Crippen LogP contribution is 2.23. The number of aryl methyl sites for hydroxylation is 1. The molecule has 0 saturated heterocycles. The molecule has 100 valence electrons. The average molecular weight is 268 g/mol. The predicted molar refractivity (Wildman–Crippen MR) is 74.4 cm³/mol. The number of pyridine rings is 1. The van der Waals surface area contributed by atoms with Crippen molar-refractivity contribution in [3.05, 3.63) is 23.5 Å². The van der Waals surface area contributed by atoms with Crippen molar-refractivity contribution in [2.75, 3.05) is 25.4 Å². The molecule has 0 fully saturated rings. The zero-order valence-electron chi connectivity index (χ0n) is 11.1. The number of aromatic nitrogens is 1. The maximum atomic E-state index is 11.1. The Labute approximate surface area is 112 Å². The summed E-state index contributed by atoms with van der Waals surface area (Å²) in [4.78, 5) is 18.2. The molecule has 0 atom stereocenters. The Morgan fingerprint density at radius 3 is 2.67 bits per heavy atom. The van der Waals surface area contributed by atoms with Crippen molar-refractivity contribution in [3.63, 3.8) is 0 Å². The molecular weight excluding hydrogens is 248 g/mol. The molecule has 0 bridgehead atoms. The molecule has 0 saturated carbocycles. The number of hydrogen-bond donors (Lipinski definition) is 1. The number of rotatable bonds is 7. The number of carboxylic acid groups (broad SMARTS) is 1. The second-order valence-electron chi connectivity index (χ2n) is 4.00. The smallest absolute Gasteiger partial charge is 0.338 e. The number of hydrogen-bond acceptors (Lipinski definition) is 4. The van der Waals surface area contributed by atoms with Gasteiger partial charge in [-0.3, -0.25) is 4.98 Å². The van der Waals surface area contributed by atoms with Gasteiger partial charge in [-0.15, -0.1) is 11.8 Å². The molecule has 1 aromatic heterocycles. The molecular formula is C13H20N2O2S. The summed E-state index contributed by atoms with van der Waals surface area (Å²) in [5.74, 6) is -0.0151. The van der Waals surface area contributed by atoms with Crippen LogP contribution in [-0.4, -0.2) is 46.3 Å². The average Bonchev–Trinajstić information content (AvgIpc) is 2.34. The lowest BCUT2D eigenvalue weighted by molar-refractivity contribution is 0.0692. The Kier molecular flexibility index (Phi) is 6.15. The summed E-state index contributed by atoms with van der Waals surface area (Å²) < 4.78 is 0. The van der Waals surface area contributed by atoms with Gasteiger partial charge in [0, 0.05) is 29.1 Å². The molecule has 0 aliphatic rings. The molecule has 0 radical (unpaired) electrons. The topological polar surface area (TPSA) is 53.4 Å². The van der Waals surface area contributed by atoms with Crippen molar-refractivity contribution < 1.29 is 9.90 Å². The maximum Gasteiger partial charge on any atom is 0.338 e. The molecule has 0 aliphatic heterocycles. The van der Waals surface area contributed by atoms with Crippen LogP contribution in [0.5, 0.6) is 0 Å². The third-order valence-electron chi connectivity index (χ3n) is 2.79. The van der Waals surface area contributed by atoms with E-state index in [1.807, 2.05) is 13.0 Å². The Bertz CT molecular complexity index is 406. The quantitative estimate of drug-likeness (QED) is 0.770. The molecule has 5 heteroatoms. The normalized spacial score (nSPS) is 10.9. The minimum Gasteiger partial charge on any atom is -0.478 e. The fourth-order valence-corrected chi connectivity index (χ4v) is 2.76. The van der Waals surface area contributed by atoms with Crippen LogP contribution in [0.4, 0.5) is 0 Å². The van der Waals surface area contributed by atoms with Gasteiger partial charge < -0.3 is 10.0 Å². The van der Waals surface area contributed by atoms with E-state index in [1.165, 1.54) is 6.20 Å². The van der Waals surface area contributed by atoms with E-state index in [4.69, 9.17) is 5.11 Å². The molecule has 0 aromatic carbocycles. The van der Waals surface area contributed by atoms with E-state index in [-0.39, 0.29) is 0 Å². The minimum atomic E-state index is -0.909. The predicted octanol–water partition coefficient (Wildman–Crippen LogP) is 2.52. The standard InChI is InChI=1S/C13H20N2O2S/c1-4-15(5-2)6-7-18-12-8-10(3)14-9-11(12)13(16)17/h8-9H,4-7H2,1-3H3,(H,16,17). The summed E-state index contributed by atoms with van der Waals surface area (Å²) in [6.45, 7) is 9.16. The van der Waals surface area contributed by atoms with Gasteiger partial charge in [0.15, 0.2) is 0 Å². The van der Waals surface area contributed by atoms with Crippen LogP contribution in [0.2, 0.25) is 0 Å². The first-order valence-electron chi connectivity index (χ1n) is 6.13.